The fourth-order valence-electron chi connectivity index (χ4n) is 1.70. The molecule has 2 heteroatoms. The smallest absolute Gasteiger partial charge is 0.0102 e. The van der Waals surface area contributed by atoms with E-state index in [0.717, 1.165) is 18.8 Å². The van der Waals surface area contributed by atoms with E-state index in [2.05, 4.69) is 11.8 Å². The molecule has 2 nitrogen and oxygen atoms in total. The van der Waals surface area contributed by atoms with Crippen LogP contribution in [0.2, 0.25) is 0 Å². The maximum atomic E-state index is 7.53. The zero-order valence-electron chi connectivity index (χ0n) is 7.56. The van der Waals surface area contributed by atoms with E-state index in [1.807, 2.05) is 6.92 Å². The number of likely N-dealkylation sites (tertiary alicyclic amines) is 1. The van der Waals surface area contributed by atoms with E-state index in [-0.39, 0.29) is 0 Å². The summed E-state index contributed by atoms with van der Waals surface area (Å²) in [5.41, 5.74) is 0.864. The van der Waals surface area contributed by atoms with E-state index in [1.54, 1.807) is 0 Å². The summed E-state index contributed by atoms with van der Waals surface area (Å²) in [6.07, 6.45) is 2.50. The number of hydrogen-bond acceptors (Lipinski definition) is 2. The topological polar surface area (TPSA) is 27.1 Å². The van der Waals surface area contributed by atoms with Gasteiger partial charge in [-0.3, -0.25) is 0 Å². The van der Waals surface area contributed by atoms with Gasteiger partial charge in [0, 0.05) is 18.2 Å². The average Bonchev–Trinajstić information content (AvgIpc) is 2.05. The predicted molar refractivity (Wildman–Crippen MR) is 48.2 cm³/mol. The molecular formula is C9H18N2. The molecule has 0 unspecified atom stereocenters. The molecule has 0 radical (unpaired) electrons. The third kappa shape index (κ3) is 2.29. The van der Waals surface area contributed by atoms with Crippen LogP contribution in [-0.4, -0.2) is 30.2 Å². The van der Waals surface area contributed by atoms with Crippen molar-refractivity contribution in [3.05, 3.63) is 0 Å². The molecule has 0 aromatic carbocycles. The first-order valence-corrected chi connectivity index (χ1v) is 4.51. The lowest BCUT2D eigenvalue weighted by atomic mass is 9.94. The van der Waals surface area contributed by atoms with E-state index in [1.165, 1.54) is 19.4 Å². The zero-order valence-corrected chi connectivity index (χ0v) is 7.56. The van der Waals surface area contributed by atoms with Crippen LogP contribution in [0.1, 0.15) is 26.7 Å². The average molecular weight is 154 g/mol. The van der Waals surface area contributed by atoms with Gasteiger partial charge in [0.2, 0.25) is 0 Å². The Morgan fingerprint density at radius 1 is 1.64 bits per heavy atom. The van der Waals surface area contributed by atoms with E-state index in [0.29, 0.717) is 5.92 Å². The van der Waals surface area contributed by atoms with Crippen LogP contribution >= 0.6 is 0 Å². The largest absolute Gasteiger partial charge is 0.310 e. The van der Waals surface area contributed by atoms with Crippen LogP contribution in [-0.2, 0) is 0 Å². The second-order valence-electron chi connectivity index (χ2n) is 3.42. The molecule has 1 N–H and O–H groups in total. The van der Waals surface area contributed by atoms with E-state index in [9.17, 15) is 0 Å². The maximum absolute atomic E-state index is 7.53. The second-order valence-corrected chi connectivity index (χ2v) is 3.42. The minimum Gasteiger partial charge on any atom is -0.310 e. The lowest BCUT2D eigenvalue weighted by molar-refractivity contribution is 0.213. The molecule has 0 aromatic rings. The fourth-order valence-corrected chi connectivity index (χ4v) is 1.70. The Balaban J connectivity index is 2.39. The molecule has 1 saturated heterocycles. The molecule has 0 spiro atoms. The van der Waals surface area contributed by atoms with Crippen molar-refractivity contribution in [1.82, 2.24) is 4.90 Å². The summed E-state index contributed by atoms with van der Waals surface area (Å²) in [6, 6.07) is 0. The maximum Gasteiger partial charge on any atom is 0.0102 e. The van der Waals surface area contributed by atoms with Gasteiger partial charge in [-0.1, -0.05) is 6.92 Å². The summed E-state index contributed by atoms with van der Waals surface area (Å²) in [5, 5.41) is 7.53. The first-order chi connectivity index (χ1) is 5.24. The highest BCUT2D eigenvalue weighted by molar-refractivity contribution is 5.81. The van der Waals surface area contributed by atoms with Crippen LogP contribution in [0.25, 0.3) is 0 Å². The third-order valence-electron chi connectivity index (χ3n) is 2.57. The van der Waals surface area contributed by atoms with Crippen molar-refractivity contribution in [3.63, 3.8) is 0 Å². The standard InChI is InChI=1S/C9H18N2/c1-3-11-6-4-5-9(7-11)8(2)10/h9-10H,3-7H2,1-2H3/t9-/m0/s1. The van der Waals surface area contributed by atoms with Crippen molar-refractivity contribution in [1.29, 1.82) is 5.41 Å². The Labute approximate surface area is 69.1 Å². The first-order valence-electron chi connectivity index (χ1n) is 4.51. The Morgan fingerprint density at radius 3 is 2.91 bits per heavy atom. The molecule has 1 aliphatic rings. The molecule has 11 heavy (non-hydrogen) atoms. The van der Waals surface area contributed by atoms with Crippen LogP contribution in [0.4, 0.5) is 0 Å². The molecule has 0 amide bonds. The quantitative estimate of drug-likeness (QED) is 0.603. The minimum absolute atomic E-state index is 0.545. The summed E-state index contributed by atoms with van der Waals surface area (Å²) in [6.45, 7) is 7.63. The molecular weight excluding hydrogens is 136 g/mol. The highest BCUT2D eigenvalue weighted by Gasteiger charge is 2.19. The summed E-state index contributed by atoms with van der Waals surface area (Å²) < 4.78 is 0. The molecule has 1 aliphatic heterocycles. The Hall–Kier alpha value is -0.370. The SMILES string of the molecule is CCN1CCC[C@H](C(C)=N)C1. The Morgan fingerprint density at radius 2 is 2.36 bits per heavy atom. The lowest BCUT2D eigenvalue weighted by Gasteiger charge is -2.31. The Bertz CT molecular complexity index is 142. The summed E-state index contributed by atoms with van der Waals surface area (Å²) >= 11 is 0. The van der Waals surface area contributed by atoms with Crippen molar-refractivity contribution < 1.29 is 0 Å². The van der Waals surface area contributed by atoms with Crippen molar-refractivity contribution in [2.24, 2.45) is 5.92 Å². The van der Waals surface area contributed by atoms with Gasteiger partial charge >= 0.3 is 0 Å². The van der Waals surface area contributed by atoms with Gasteiger partial charge in [-0.25, -0.2) is 0 Å². The second kappa shape index (κ2) is 3.86. The van der Waals surface area contributed by atoms with Crippen molar-refractivity contribution in [3.8, 4) is 0 Å². The van der Waals surface area contributed by atoms with Gasteiger partial charge in [-0.15, -0.1) is 0 Å². The number of hydrogen-bond donors (Lipinski definition) is 1. The molecule has 1 rings (SSSR count). The number of rotatable bonds is 2. The molecule has 1 atom stereocenters. The van der Waals surface area contributed by atoms with Crippen LogP contribution in [0.15, 0.2) is 0 Å². The van der Waals surface area contributed by atoms with Gasteiger partial charge in [0.25, 0.3) is 0 Å². The normalized spacial score (nSPS) is 26.9. The molecule has 0 bridgehead atoms. The highest BCUT2D eigenvalue weighted by Crippen LogP contribution is 2.16. The molecule has 0 aromatic heterocycles. The van der Waals surface area contributed by atoms with Gasteiger partial charge in [0.1, 0.15) is 0 Å². The van der Waals surface area contributed by atoms with Crippen LogP contribution < -0.4 is 0 Å². The van der Waals surface area contributed by atoms with Crippen molar-refractivity contribution in [2.45, 2.75) is 26.7 Å². The van der Waals surface area contributed by atoms with Gasteiger partial charge in [-0.2, -0.15) is 0 Å². The molecule has 1 fully saturated rings. The molecule has 0 aliphatic carbocycles. The molecule has 0 saturated carbocycles. The third-order valence-corrected chi connectivity index (χ3v) is 2.57. The van der Waals surface area contributed by atoms with Crippen LogP contribution in [0.3, 0.4) is 0 Å². The summed E-state index contributed by atoms with van der Waals surface area (Å²) in [5.74, 6) is 0.545. The zero-order chi connectivity index (χ0) is 8.27. The number of nitrogens with zero attached hydrogens (tertiary/aromatic N) is 1. The summed E-state index contributed by atoms with van der Waals surface area (Å²) in [7, 11) is 0. The highest BCUT2D eigenvalue weighted by atomic mass is 15.1. The van der Waals surface area contributed by atoms with E-state index < -0.39 is 0 Å². The fraction of sp³-hybridized carbons (Fsp3) is 0.889. The Kier molecular flexibility index (Phi) is 3.06. The van der Waals surface area contributed by atoms with E-state index in [4.69, 9.17) is 5.41 Å². The van der Waals surface area contributed by atoms with Gasteiger partial charge in [0.15, 0.2) is 0 Å². The minimum atomic E-state index is 0.545. The summed E-state index contributed by atoms with van der Waals surface area (Å²) in [4.78, 5) is 2.44. The van der Waals surface area contributed by atoms with Crippen molar-refractivity contribution >= 4 is 5.71 Å². The predicted octanol–water partition coefficient (Wildman–Crippen LogP) is 1.76. The molecule has 1 heterocycles. The van der Waals surface area contributed by atoms with Crippen LogP contribution in [0.5, 0.6) is 0 Å². The number of nitrogens with one attached hydrogen (secondary N) is 1. The van der Waals surface area contributed by atoms with Gasteiger partial charge in [0.05, 0.1) is 0 Å². The van der Waals surface area contributed by atoms with Gasteiger partial charge < -0.3 is 10.3 Å². The van der Waals surface area contributed by atoms with Crippen LogP contribution in [0, 0.1) is 11.3 Å². The van der Waals surface area contributed by atoms with E-state index >= 15 is 0 Å². The monoisotopic (exact) mass is 154 g/mol. The lowest BCUT2D eigenvalue weighted by Crippen LogP contribution is -2.37. The van der Waals surface area contributed by atoms with Crippen molar-refractivity contribution in [2.75, 3.05) is 19.6 Å². The van der Waals surface area contributed by atoms with Gasteiger partial charge in [-0.05, 0) is 32.9 Å². The number of piperidine rings is 1. The molecule has 64 valence electrons. The first kappa shape index (κ1) is 8.72.